The number of pyridine rings is 1. The van der Waals surface area contributed by atoms with Crippen LogP contribution in [0.3, 0.4) is 0 Å². The number of aromatic nitrogens is 1. The summed E-state index contributed by atoms with van der Waals surface area (Å²) in [7, 11) is 0. The molecule has 10 nitrogen and oxygen atoms in total. The Morgan fingerprint density at radius 3 is 2.45 bits per heavy atom. The predicted octanol–water partition coefficient (Wildman–Crippen LogP) is 5.53. The van der Waals surface area contributed by atoms with Gasteiger partial charge >= 0.3 is 6.09 Å². The highest BCUT2D eigenvalue weighted by Crippen LogP contribution is 2.47. The molecular weight excluding hydrogens is 644 g/mol. The summed E-state index contributed by atoms with van der Waals surface area (Å²) in [5.41, 5.74) is 3.64. The number of aliphatic hydroxyl groups is 1. The summed E-state index contributed by atoms with van der Waals surface area (Å²) in [4.78, 5) is 29.3. The minimum absolute atomic E-state index is 0.0388. The quantitative estimate of drug-likeness (QED) is 0.0886. The van der Waals surface area contributed by atoms with Crippen LogP contribution in [0.25, 0.3) is 10.9 Å². The fourth-order valence-corrected chi connectivity index (χ4v) is 8.16. The van der Waals surface area contributed by atoms with Gasteiger partial charge in [-0.05, 0) is 96.9 Å². The first kappa shape index (κ1) is 34.3. The summed E-state index contributed by atoms with van der Waals surface area (Å²) in [6.07, 6.45) is 0.976. The van der Waals surface area contributed by atoms with Crippen molar-refractivity contribution in [2.24, 2.45) is 11.8 Å². The van der Waals surface area contributed by atoms with Crippen molar-refractivity contribution in [2.45, 2.75) is 37.5 Å². The van der Waals surface area contributed by atoms with Gasteiger partial charge < -0.3 is 40.6 Å². The largest absolute Gasteiger partial charge is 0.506 e. The zero-order valence-corrected chi connectivity index (χ0v) is 28.4. The van der Waals surface area contributed by atoms with Gasteiger partial charge in [-0.3, -0.25) is 4.79 Å². The Balaban J connectivity index is 1.02. The van der Waals surface area contributed by atoms with Crippen LogP contribution in [0.15, 0.2) is 108 Å². The zero-order chi connectivity index (χ0) is 35.4. The first-order valence-electron chi connectivity index (χ1n) is 17.6. The molecule has 1 amide bonds. The first-order valence-corrected chi connectivity index (χ1v) is 17.6. The molecule has 8 rings (SSSR count). The number of amides is 1. The van der Waals surface area contributed by atoms with Crippen LogP contribution in [0.2, 0.25) is 0 Å². The highest BCUT2D eigenvalue weighted by atomic mass is 16.5. The fourth-order valence-electron chi connectivity index (χ4n) is 8.16. The maximum atomic E-state index is 12.5. The number of carbonyl (C=O) groups is 1. The van der Waals surface area contributed by atoms with E-state index < -0.39 is 17.7 Å². The van der Waals surface area contributed by atoms with Crippen molar-refractivity contribution in [3.63, 3.8) is 0 Å². The van der Waals surface area contributed by atoms with Crippen molar-refractivity contribution >= 4 is 17.0 Å². The average molecular weight is 689 g/mol. The molecule has 264 valence electrons. The number of ether oxygens (including phenoxy) is 1. The Hall–Kier alpha value is -5.16. The molecule has 1 aromatic heterocycles. The standard InChI is InChI=1S/C41H44N4O6/c46-36-14-12-33(34-13-15-38(48)43-39(34)36)37(47)24-42-19-16-27-6-4-7-28(22-27)26-51-32-11-5-10-31(23-32)41(44-40(49)50,30-8-2-1-3-9-30)35-25-45-20-17-29(35)18-21-45/h1-15,22-23,29,35,37,42,44,46-47H,16-21,24-26H2,(H,43,48)(H,49,50). The van der Waals surface area contributed by atoms with Crippen molar-refractivity contribution in [1.29, 1.82) is 0 Å². The third-order valence-corrected chi connectivity index (χ3v) is 10.6. The van der Waals surface area contributed by atoms with Crippen LogP contribution in [-0.4, -0.2) is 64.0 Å². The lowest BCUT2D eigenvalue weighted by atomic mass is 9.63. The van der Waals surface area contributed by atoms with E-state index in [4.69, 9.17) is 4.74 Å². The molecule has 2 bridgehead atoms. The van der Waals surface area contributed by atoms with Crippen LogP contribution in [-0.2, 0) is 18.6 Å². The highest BCUT2D eigenvalue weighted by molar-refractivity contribution is 5.87. The van der Waals surface area contributed by atoms with Crippen LogP contribution >= 0.6 is 0 Å². The lowest BCUT2D eigenvalue weighted by molar-refractivity contribution is 0.00716. The molecule has 3 aliphatic heterocycles. The second kappa shape index (κ2) is 15.0. The van der Waals surface area contributed by atoms with Gasteiger partial charge in [-0.15, -0.1) is 0 Å². The number of fused-ring (bicyclic) bond motifs is 4. The molecule has 3 saturated heterocycles. The Bertz CT molecular complexity index is 2040. The number of aromatic hydroxyl groups is 1. The molecule has 10 heteroatoms. The van der Waals surface area contributed by atoms with Crippen molar-refractivity contribution in [3.8, 4) is 11.5 Å². The Labute approximate surface area is 296 Å². The number of phenols is 1. The number of nitrogens with one attached hydrogen (secondary N) is 3. The number of phenolic OH excluding ortho intramolecular Hbond substituents is 1. The molecular formula is C41H44N4O6. The van der Waals surface area contributed by atoms with E-state index in [1.807, 2.05) is 66.7 Å². The first-order chi connectivity index (χ1) is 24.8. The average Bonchev–Trinajstić information content (AvgIpc) is 3.16. The Morgan fingerprint density at radius 2 is 1.69 bits per heavy atom. The second-order valence-corrected chi connectivity index (χ2v) is 13.7. The van der Waals surface area contributed by atoms with Crippen molar-refractivity contribution in [3.05, 3.63) is 141 Å². The van der Waals surface area contributed by atoms with E-state index in [0.717, 1.165) is 61.2 Å². The van der Waals surface area contributed by atoms with Gasteiger partial charge in [0.15, 0.2) is 0 Å². The van der Waals surface area contributed by atoms with Crippen LogP contribution in [0.5, 0.6) is 11.5 Å². The van der Waals surface area contributed by atoms with Crippen molar-refractivity contribution in [1.82, 2.24) is 20.5 Å². The summed E-state index contributed by atoms with van der Waals surface area (Å²) in [5.74, 6) is 1.12. The molecule has 5 aromatic rings. The lowest BCUT2D eigenvalue weighted by Gasteiger charge is -2.53. The predicted molar refractivity (Wildman–Crippen MR) is 196 cm³/mol. The fraction of sp³-hybridized carbons (Fsp3) is 0.317. The zero-order valence-electron chi connectivity index (χ0n) is 28.4. The molecule has 0 saturated carbocycles. The SMILES string of the molecule is O=C(O)NC(c1ccccc1)(c1cccc(OCc2cccc(CCNCC(O)c3ccc(O)c4[nH]c(=O)ccc34)c2)c1)C1CN2CCC1CC2. The van der Waals surface area contributed by atoms with Gasteiger partial charge in [0.05, 0.1) is 17.2 Å². The van der Waals surface area contributed by atoms with Gasteiger partial charge in [-0.25, -0.2) is 4.79 Å². The summed E-state index contributed by atoms with van der Waals surface area (Å²) < 4.78 is 6.36. The van der Waals surface area contributed by atoms with E-state index in [1.165, 1.54) is 12.1 Å². The number of piperidine rings is 3. The second-order valence-electron chi connectivity index (χ2n) is 13.7. The number of hydrogen-bond donors (Lipinski definition) is 6. The molecule has 3 unspecified atom stereocenters. The molecule has 3 aliphatic rings. The van der Waals surface area contributed by atoms with E-state index in [1.54, 1.807) is 12.1 Å². The Morgan fingerprint density at radius 1 is 0.922 bits per heavy atom. The van der Waals surface area contributed by atoms with E-state index in [0.29, 0.717) is 47.8 Å². The molecule has 3 fully saturated rings. The number of aromatic amines is 1. The summed E-state index contributed by atoms with van der Waals surface area (Å²) in [5, 5.41) is 38.2. The van der Waals surface area contributed by atoms with Crippen molar-refractivity contribution < 1.29 is 24.9 Å². The topological polar surface area (TPSA) is 147 Å². The van der Waals surface area contributed by atoms with Gasteiger partial charge in [0.25, 0.3) is 0 Å². The van der Waals surface area contributed by atoms with Gasteiger partial charge in [-0.2, -0.15) is 0 Å². The smallest absolute Gasteiger partial charge is 0.405 e. The van der Waals surface area contributed by atoms with Crippen LogP contribution < -0.4 is 20.9 Å². The van der Waals surface area contributed by atoms with Crippen LogP contribution in [0, 0.1) is 11.8 Å². The molecule has 0 spiro atoms. The van der Waals surface area contributed by atoms with E-state index in [9.17, 15) is 24.9 Å². The van der Waals surface area contributed by atoms with E-state index >= 15 is 0 Å². The van der Waals surface area contributed by atoms with Gasteiger partial charge in [0.2, 0.25) is 5.56 Å². The van der Waals surface area contributed by atoms with E-state index in [2.05, 4.69) is 32.7 Å². The molecule has 4 heterocycles. The van der Waals surface area contributed by atoms with Gasteiger partial charge in [0, 0.05) is 30.5 Å². The minimum Gasteiger partial charge on any atom is -0.506 e. The summed E-state index contributed by atoms with van der Waals surface area (Å²) in [6.45, 7) is 4.24. The number of hydrogen-bond acceptors (Lipinski definition) is 7. The normalized spacial score (nSPS) is 20.1. The monoisotopic (exact) mass is 688 g/mol. The molecule has 51 heavy (non-hydrogen) atoms. The Kier molecular flexibility index (Phi) is 10.1. The van der Waals surface area contributed by atoms with Crippen molar-refractivity contribution in [2.75, 3.05) is 32.7 Å². The third kappa shape index (κ3) is 7.35. The number of rotatable bonds is 13. The van der Waals surface area contributed by atoms with Gasteiger partial charge in [-0.1, -0.05) is 72.8 Å². The number of nitrogens with zero attached hydrogens (tertiary/aromatic N) is 1. The lowest BCUT2D eigenvalue weighted by Crippen LogP contribution is -2.61. The summed E-state index contributed by atoms with van der Waals surface area (Å²) >= 11 is 0. The van der Waals surface area contributed by atoms with E-state index in [-0.39, 0.29) is 17.2 Å². The maximum absolute atomic E-state index is 12.5. The molecule has 0 radical (unpaired) electrons. The highest BCUT2D eigenvalue weighted by Gasteiger charge is 2.50. The molecule has 6 N–H and O–H groups in total. The summed E-state index contributed by atoms with van der Waals surface area (Å²) in [6, 6.07) is 32.2. The van der Waals surface area contributed by atoms with Crippen LogP contribution in [0.4, 0.5) is 4.79 Å². The molecule has 4 aromatic carbocycles. The third-order valence-electron chi connectivity index (χ3n) is 10.6. The number of H-pyrrole nitrogens is 1. The minimum atomic E-state index is -1.05. The van der Waals surface area contributed by atoms with Gasteiger partial charge in [0.1, 0.15) is 18.1 Å². The maximum Gasteiger partial charge on any atom is 0.405 e. The molecule has 3 atom stereocenters. The van der Waals surface area contributed by atoms with Crippen LogP contribution in [0.1, 0.15) is 46.8 Å². The number of aliphatic hydroxyl groups excluding tert-OH is 1. The molecule has 0 aliphatic carbocycles. The number of benzene rings is 4. The number of carboxylic acid groups (broad SMARTS) is 1.